The van der Waals surface area contributed by atoms with Crippen LogP contribution in [0.4, 0.5) is 0 Å². The normalized spacial score (nSPS) is 25.3. The molecule has 2 unspecified atom stereocenters. The molecule has 96 valence electrons. The van der Waals surface area contributed by atoms with Crippen LogP contribution in [0.2, 0.25) is 0 Å². The van der Waals surface area contributed by atoms with Crippen molar-refractivity contribution in [2.45, 2.75) is 51.6 Å². The monoisotopic (exact) mass is 228 g/mol. The van der Waals surface area contributed by atoms with Gasteiger partial charge in [-0.15, -0.1) is 0 Å². The zero-order valence-corrected chi connectivity index (χ0v) is 11.2. The lowest BCUT2D eigenvalue weighted by molar-refractivity contribution is 0.164. The molecule has 1 rings (SSSR count). The molecule has 0 aromatic carbocycles. The summed E-state index contributed by atoms with van der Waals surface area (Å²) in [6.45, 7) is 8.88. The Bertz CT molecular complexity index is 175. The van der Waals surface area contributed by atoms with Crippen molar-refractivity contribution >= 4 is 0 Å². The zero-order chi connectivity index (χ0) is 11.8. The molecule has 1 aliphatic rings. The Balaban J connectivity index is 2.14. The number of nitrogens with zero attached hydrogens (tertiary/aromatic N) is 1. The van der Waals surface area contributed by atoms with Gasteiger partial charge in [-0.05, 0) is 33.2 Å². The van der Waals surface area contributed by atoms with E-state index >= 15 is 0 Å². The van der Waals surface area contributed by atoms with Gasteiger partial charge < -0.3 is 10.1 Å². The van der Waals surface area contributed by atoms with Crippen LogP contribution in [-0.2, 0) is 4.74 Å². The first kappa shape index (κ1) is 13.9. The summed E-state index contributed by atoms with van der Waals surface area (Å²) in [5.74, 6) is 0. The number of likely N-dealkylation sites (tertiary alicyclic amines) is 1. The first-order valence-corrected chi connectivity index (χ1v) is 6.70. The van der Waals surface area contributed by atoms with Crippen LogP contribution < -0.4 is 5.32 Å². The summed E-state index contributed by atoms with van der Waals surface area (Å²) in [5, 5.41) is 3.51. The Morgan fingerprint density at radius 2 is 2.19 bits per heavy atom. The highest BCUT2D eigenvalue weighted by Gasteiger charge is 2.16. The molecular formula is C13H28N2O. The molecule has 3 heteroatoms. The van der Waals surface area contributed by atoms with E-state index in [1.54, 1.807) is 7.11 Å². The highest BCUT2D eigenvalue weighted by molar-refractivity contribution is 4.72. The van der Waals surface area contributed by atoms with Gasteiger partial charge in [-0.25, -0.2) is 0 Å². The largest absolute Gasteiger partial charge is 0.383 e. The molecule has 16 heavy (non-hydrogen) atoms. The van der Waals surface area contributed by atoms with Crippen LogP contribution in [0.3, 0.4) is 0 Å². The lowest BCUT2D eigenvalue weighted by Crippen LogP contribution is -2.41. The lowest BCUT2D eigenvalue weighted by atomic mass is 10.1. The van der Waals surface area contributed by atoms with E-state index in [4.69, 9.17) is 4.74 Å². The van der Waals surface area contributed by atoms with Gasteiger partial charge in [0.15, 0.2) is 0 Å². The molecule has 1 heterocycles. The van der Waals surface area contributed by atoms with Crippen molar-refractivity contribution in [2.75, 3.05) is 33.4 Å². The SMILES string of the molecule is COCC(C)NCCN1CCCCCC1C. The molecular weight excluding hydrogens is 200 g/mol. The van der Waals surface area contributed by atoms with Gasteiger partial charge in [-0.1, -0.05) is 12.8 Å². The molecule has 0 aliphatic carbocycles. The number of rotatable bonds is 6. The summed E-state index contributed by atoms with van der Waals surface area (Å²) in [7, 11) is 1.76. The lowest BCUT2D eigenvalue weighted by Gasteiger charge is -2.27. The summed E-state index contributed by atoms with van der Waals surface area (Å²) >= 11 is 0. The average molecular weight is 228 g/mol. The fourth-order valence-corrected chi connectivity index (χ4v) is 2.43. The van der Waals surface area contributed by atoms with Gasteiger partial charge >= 0.3 is 0 Å². The maximum Gasteiger partial charge on any atom is 0.0613 e. The summed E-state index contributed by atoms with van der Waals surface area (Å²) in [6.07, 6.45) is 5.56. The van der Waals surface area contributed by atoms with Crippen LogP contribution in [0.25, 0.3) is 0 Å². The topological polar surface area (TPSA) is 24.5 Å². The highest BCUT2D eigenvalue weighted by Crippen LogP contribution is 2.15. The Labute approximate surface area is 101 Å². The van der Waals surface area contributed by atoms with Crippen LogP contribution in [0, 0.1) is 0 Å². The molecule has 0 radical (unpaired) electrons. The number of methoxy groups -OCH3 is 1. The van der Waals surface area contributed by atoms with Gasteiger partial charge in [-0.2, -0.15) is 0 Å². The average Bonchev–Trinajstić information content (AvgIpc) is 2.45. The smallest absolute Gasteiger partial charge is 0.0613 e. The minimum absolute atomic E-state index is 0.465. The quantitative estimate of drug-likeness (QED) is 0.751. The van der Waals surface area contributed by atoms with Crippen molar-refractivity contribution in [3.05, 3.63) is 0 Å². The summed E-state index contributed by atoms with van der Waals surface area (Å²) in [5.41, 5.74) is 0. The summed E-state index contributed by atoms with van der Waals surface area (Å²) in [4.78, 5) is 2.62. The van der Waals surface area contributed by atoms with Gasteiger partial charge in [0.05, 0.1) is 6.61 Å². The molecule has 0 amide bonds. The molecule has 1 N–H and O–H groups in total. The van der Waals surface area contributed by atoms with E-state index in [2.05, 4.69) is 24.1 Å². The van der Waals surface area contributed by atoms with E-state index in [0.29, 0.717) is 6.04 Å². The minimum atomic E-state index is 0.465. The van der Waals surface area contributed by atoms with Crippen LogP contribution >= 0.6 is 0 Å². The van der Waals surface area contributed by atoms with E-state index in [1.165, 1.54) is 38.8 Å². The van der Waals surface area contributed by atoms with Gasteiger partial charge in [0, 0.05) is 32.3 Å². The van der Waals surface area contributed by atoms with E-state index in [0.717, 1.165) is 19.2 Å². The predicted octanol–water partition coefficient (Wildman–Crippen LogP) is 1.88. The van der Waals surface area contributed by atoms with Crippen LogP contribution in [0.1, 0.15) is 39.5 Å². The minimum Gasteiger partial charge on any atom is -0.383 e. The zero-order valence-electron chi connectivity index (χ0n) is 11.2. The third-order valence-corrected chi connectivity index (χ3v) is 3.50. The van der Waals surface area contributed by atoms with Crippen LogP contribution in [-0.4, -0.2) is 50.3 Å². The van der Waals surface area contributed by atoms with E-state index in [-0.39, 0.29) is 0 Å². The van der Waals surface area contributed by atoms with Crippen molar-refractivity contribution < 1.29 is 4.74 Å². The fraction of sp³-hybridized carbons (Fsp3) is 1.00. The number of hydrogen-bond acceptors (Lipinski definition) is 3. The van der Waals surface area contributed by atoms with E-state index < -0.39 is 0 Å². The highest BCUT2D eigenvalue weighted by atomic mass is 16.5. The number of nitrogens with one attached hydrogen (secondary N) is 1. The van der Waals surface area contributed by atoms with Gasteiger partial charge in [0.25, 0.3) is 0 Å². The van der Waals surface area contributed by atoms with Gasteiger partial charge in [0.1, 0.15) is 0 Å². The molecule has 2 atom stereocenters. The van der Waals surface area contributed by atoms with Crippen molar-refractivity contribution in [3.8, 4) is 0 Å². The predicted molar refractivity (Wildman–Crippen MR) is 68.8 cm³/mol. The van der Waals surface area contributed by atoms with Crippen LogP contribution in [0.15, 0.2) is 0 Å². The molecule has 0 saturated carbocycles. The second-order valence-corrected chi connectivity index (χ2v) is 5.04. The Morgan fingerprint density at radius 1 is 1.38 bits per heavy atom. The first-order chi connectivity index (χ1) is 7.74. The second kappa shape index (κ2) is 8.04. The molecule has 1 saturated heterocycles. The van der Waals surface area contributed by atoms with Crippen molar-refractivity contribution in [1.29, 1.82) is 0 Å². The molecule has 0 aromatic heterocycles. The fourth-order valence-electron chi connectivity index (χ4n) is 2.43. The van der Waals surface area contributed by atoms with Crippen molar-refractivity contribution in [2.24, 2.45) is 0 Å². The number of hydrogen-bond donors (Lipinski definition) is 1. The number of ether oxygens (including phenoxy) is 1. The third-order valence-electron chi connectivity index (χ3n) is 3.50. The maximum absolute atomic E-state index is 5.11. The molecule has 0 spiro atoms. The van der Waals surface area contributed by atoms with Crippen molar-refractivity contribution in [3.63, 3.8) is 0 Å². The molecule has 3 nitrogen and oxygen atoms in total. The molecule has 1 aliphatic heterocycles. The molecule has 0 aromatic rings. The summed E-state index contributed by atoms with van der Waals surface area (Å²) < 4.78 is 5.11. The second-order valence-electron chi connectivity index (χ2n) is 5.04. The molecule has 0 bridgehead atoms. The third kappa shape index (κ3) is 5.28. The van der Waals surface area contributed by atoms with Gasteiger partial charge in [-0.3, -0.25) is 4.90 Å². The standard InChI is InChI=1S/C13H28N2O/c1-12(11-16-3)14-8-10-15-9-6-4-5-7-13(15)2/h12-14H,4-11H2,1-3H3. The van der Waals surface area contributed by atoms with E-state index in [1.807, 2.05) is 0 Å². The Hall–Kier alpha value is -0.120. The molecule has 1 fully saturated rings. The van der Waals surface area contributed by atoms with Crippen molar-refractivity contribution in [1.82, 2.24) is 10.2 Å². The van der Waals surface area contributed by atoms with E-state index in [9.17, 15) is 0 Å². The maximum atomic E-state index is 5.11. The Kier molecular flexibility index (Phi) is 7.01. The first-order valence-electron chi connectivity index (χ1n) is 6.70. The summed E-state index contributed by atoms with van der Waals surface area (Å²) in [6, 6.07) is 1.23. The van der Waals surface area contributed by atoms with Gasteiger partial charge in [0.2, 0.25) is 0 Å². The Morgan fingerprint density at radius 3 is 2.94 bits per heavy atom. The van der Waals surface area contributed by atoms with Crippen LogP contribution in [0.5, 0.6) is 0 Å².